The Kier molecular flexibility index (Phi) is 4.37. The molecule has 0 aliphatic rings. The van der Waals surface area contributed by atoms with E-state index in [1.807, 2.05) is 39.2 Å². The Hall–Kier alpha value is -1.81. The molecule has 0 saturated heterocycles. The third-order valence-electron chi connectivity index (χ3n) is 3.32. The lowest BCUT2D eigenvalue weighted by atomic mass is 9.97. The van der Waals surface area contributed by atoms with Crippen LogP contribution in [0.15, 0.2) is 42.5 Å². The molecular formula is C17H18F3N. The van der Waals surface area contributed by atoms with Crippen molar-refractivity contribution >= 4 is 0 Å². The highest BCUT2D eigenvalue weighted by molar-refractivity contribution is 5.68. The van der Waals surface area contributed by atoms with Crippen LogP contribution in [0.2, 0.25) is 0 Å². The van der Waals surface area contributed by atoms with Crippen LogP contribution in [0, 0.1) is 6.92 Å². The van der Waals surface area contributed by atoms with E-state index in [0.717, 1.165) is 40.9 Å². The molecule has 0 aliphatic heterocycles. The summed E-state index contributed by atoms with van der Waals surface area (Å²) < 4.78 is 37.8. The van der Waals surface area contributed by atoms with Crippen LogP contribution in [-0.2, 0) is 12.7 Å². The molecule has 0 saturated carbocycles. The normalized spacial score (nSPS) is 12.0. The van der Waals surface area contributed by atoms with E-state index in [0.29, 0.717) is 0 Å². The summed E-state index contributed by atoms with van der Waals surface area (Å²) in [6.07, 6.45) is -4.29. The summed E-state index contributed by atoms with van der Waals surface area (Å²) in [4.78, 5) is 2.06. The summed E-state index contributed by atoms with van der Waals surface area (Å²) in [5.41, 5.74) is 3.36. The highest BCUT2D eigenvalue weighted by atomic mass is 19.4. The quantitative estimate of drug-likeness (QED) is 0.790. The van der Waals surface area contributed by atoms with Gasteiger partial charge < -0.3 is 4.90 Å². The van der Waals surface area contributed by atoms with Crippen molar-refractivity contribution in [3.05, 3.63) is 59.2 Å². The molecule has 0 amide bonds. The first-order valence-corrected chi connectivity index (χ1v) is 6.69. The van der Waals surface area contributed by atoms with E-state index in [4.69, 9.17) is 0 Å². The zero-order chi connectivity index (χ0) is 15.6. The van der Waals surface area contributed by atoms with Gasteiger partial charge >= 0.3 is 6.18 Å². The lowest BCUT2D eigenvalue weighted by Gasteiger charge is -2.14. The second kappa shape index (κ2) is 5.90. The predicted octanol–water partition coefficient (Wildman–Crippen LogP) is 4.74. The third kappa shape index (κ3) is 3.85. The zero-order valence-corrected chi connectivity index (χ0v) is 12.3. The highest BCUT2D eigenvalue weighted by Gasteiger charge is 2.29. The maximum absolute atomic E-state index is 12.6. The van der Waals surface area contributed by atoms with E-state index >= 15 is 0 Å². The molecule has 0 bridgehead atoms. The number of halogens is 3. The first-order chi connectivity index (χ1) is 9.77. The average Bonchev–Trinajstić information content (AvgIpc) is 2.39. The molecule has 2 rings (SSSR count). The van der Waals surface area contributed by atoms with Crippen molar-refractivity contribution in [3.63, 3.8) is 0 Å². The molecule has 0 atom stereocenters. The van der Waals surface area contributed by atoms with Gasteiger partial charge in [0.1, 0.15) is 0 Å². The fourth-order valence-electron chi connectivity index (χ4n) is 2.28. The molecule has 1 nitrogen and oxygen atoms in total. The van der Waals surface area contributed by atoms with Crippen molar-refractivity contribution in [2.45, 2.75) is 19.6 Å². The molecule has 0 radical (unpaired) electrons. The van der Waals surface area contributed by atoms with Crippen LogP contribution in [0.25, 0.3) is 11.1 Å². The smallest absolute Gasteiger partial charge is 0.305 e. The maximum Gasteiger partial charge on any atom is 0.416 e. The molecule has 2 aromatic carbocycles. The van der Waals surface area contributed by atoms with Gasteiger partial charge in [0.15, 0.2) is 0 Å². The first kappa shape index (κ1) is 15.6. The number of rotatable bonds is 3. The molecule has 112 valence electrons. The standard InChI is InChI=1S/C17H18F3N/c1-12-4-5-13(11-21(2)3)10-16(12)14-6-8-15(9-7-14)17(18,19)20/h4-10H,11H2,1-3H3. The molecular weight excluding hydrogens is 275 g/mol. The van der Waals surface area contributed by atoms with Crippen LogP contribution in [0.1, 0.15) is 16.7 Å². The van der Waals surface area contributed by atoms with Crippen LogP contribution in [0.3, 0.4) is 0 Å². The summed E-state index contributed by atoms with van der Waals surface area (Å²) in [5.74, 6) is 0. The van der Waals surface area contributed by atoms with Crippen LogP contribution in [0.5, 0.6) is 0 Å². The lowest BCUT2D eigenvalue weighted by molar-refractivity contribution is -0.137. The van der Waals surface area contributed by atoms with Crippen molar-refractivity contribution in [2.24, 2.45) is 0 Å². The van der Waals surface area contributed by atoms with Crippen LogP contribution in [0.4, 0.5) is 13.2 Å². The van der Waals surface area contributed by atoms with Crippen molar-refractivity contribution in [2.75, 3.05) is 14.1 Å². The molecule has 0 spiro atoms. The molecule has 2 aromatic rings. The van der Waals surface area contributed by atoms with E-state index in [2.05, 4.69) is 4.90 Å². The second-order valence-electron chi connectivity index (χ2n) is 5.46. The van der Waals surface area contributed by atoms with Crippen molar-refractivity contribution in [1.82, 2.24) is 4.90 Å². The van der Waals surface area contributed by atoms with E-state index < -0.39 is 11.7 Å². The molecule has 0 aromatic heterocycles. The van der Waals surface area contributed by atoms with Gasteiger partial charge in [-0.2, -0.15) is 13.2 Å². The number of hydrogen-bond donors (Lipinski definition) is 0. The first-order valence-electron chi connectivity index (χ1n) is 6.69. The molecule has 0 N–H and O–H groups in total. The largest absolute Gasteiger partial charge is 0.416 e. The molecule has 0 unspecified atom stereocenters. The Morgan fingerprint density at radius 1 is 0.952 bits per heavy atom. The van der Waals surface area contributed by atoms with E-state index in [-0.39, 0.29) is 0 Å². The summed E-state index contributed by atoms with van der Waals surface area (Å²) in [6.45, 7) is 2.76. The number of aryl methyl sites for hydroxylation is 1. The molecule has 0 fully saturated rings. The van der Waals surface area contributed by atoms with Gasteiger partial charge in [0, 0.05) is 6.54 Å². The molecule has 0 heterocycles. The number of benzene rings is 2. The second-order valence-corrected chi connectivity index (χ2v) is 5.46. The zero-order valence-electron chi connectivity index (χ0n) is 12.3. The average molecular weight is 293 g/mol. The Morgan fingerprint density at radius 3 is 2.10 bits per heavy atom. The van der Waals surface area contributed by atoms with Crippen LogP contribution in [-0.4, -0.2) is 19.0 Å². The van der Waals surface area contributed by atoms with Gasteiger partial charge in [-0.15, -0.1) is 0 Å². The topological polar surface area (TPSA) is 3.24 Å². The SMILES string of the molecule is Cc1ccc(CN(C)C)cc1-c1ccc(C(F)(F)F)cc1. The van der Waals surface area contributed by atoms with Gasteiger partial charge in [-0.05, 0) is 61.5 Å². The monoisotopic (exact) mass is 293 g/mol. The van der Waals surface area contributed by atoms with Gasteiger partial charge in [-0.25, -0.2) is 0 Å². The fourth-order valence-corrected chi connectivity index (χ4v) is 2.28. The van der Waals surface area contributed by atoms with E-state index in [1.165, 1.54) is 12.1 Å². The molecule has 21 heavy (non-hydrogen) atoms. The van der Waals surface area contributed by atoms with Gasteiger partial charge in [0.2, 0.25) is 0 Å². The van der Waals surface area contributed by atoms with Gasteiger partial charge in [0.25, 0.3) is 0 Å². The predicted molar refractivity (Wildman–Crippen MR) is 79.0 cm³/mol. The minimum atomic E-state index is -4.29. The van der Waals surface area contributed by atoms with Gasteiger partial charge in [-0.1, -0.05) is 24.3 Å². The van der Waals surface area contributed by atoms with E-state index in [1.54, 1.807) is 0 Å². The number of nitrogens with zero attached hydrogens (tertiary/aromatic N) is 1. The Balaban J connectivity index is 2.37. The van der Waals surface area contributed by atoms with Gasteiger partial charge in [0.05, 0.1) is 5.56 Å². The minimum Gasteiger partial charge on any atom is -0.305 e. The third-order valence-corrected chi connectivity index (χ3v) is 3.32. The maximum atomic E-state index is 12.6. The number of alkyl halides is 3. The summed E-state index contributed by atoms with van der Waals surface area (Å²) in [7, 11) is 3.97. The summed E-state index contributed by atoms with van der Waals surface area (Å²) >= 11 is 0. The van der Waals surface area contributed by atoms with E-state index in [9.17, 15) is 13.2 Å². The Bertz CT molecular complexity index is 613. The lowest BCUT2D eigenvalue weighted by Crippen LogP contribution is -2.10. The van der Waals surface area contributed by atoms with Gasteiger partial charge in [-0.3, -0.25) is 0 Å². The van der Waals surface area contributed by atoms with Crippen LogP contribution >= 0.6 is 0 Å². The molecule has 4 heteroatoms. The Labute approximate surface area is 123 Å². The minimum absolute atomic E-state index is 0.617. The summed E-state index contributed by atoms with van der Waals surface area (Å²) in [6, 6.07) is 11.4. The van der Waals surface area contributed by atoms with Crippen molar-refractivity contribution in [1.29, 1.82) is 0 Å². The Morgan fingerprint density at radius 2 is 1.57 bits per heavy atom. The summed E-state index contributed by atoms with van der Waals surface area (Å²) in [5, 5.41) is 0. The van der Waals surface area contributed by atoms with Crippen LogP contribution < -0.4 is 0 Å². The highest BCUT2D eigenvalue weighted by Crippen LogP contribution is 2.32. The number of hydrogen-bond acceptors (Lipinski definition) is 1. The molecule has 0 aliphatic carbocycles. The van der Waals surface area contributed by atoms with Crippen molar-refractivity contribution < 1.29 is 13.2 Å². The fraction of sp³-hybridized carbons (Fsp3) is 0.294. The van der Waals surface area contributed by atoms with Crippen molar-refractivity contribution in [3.8, 4) is 11.1 Å².